The molecule has 1 fully saturated rings. The minimum atomic E-state index is -1.35. The molecule has 240 valence electrons. The molecule has 1 aromatic heterocycles. The van der Waals surface area contributed by atoms with E-state index in [2.05, 4.69) is 31.2 Å². The number of amides is 2. The number of nitrogens with one attached hydrogen (secondary N) is 4. The van der Waals surface area contributed by atoms with E-state index in [1.165, 1.54) is 18.3 Å². The van der Waals surface area contributed by atoms with Crippen molar-refractivity contribution in [2.24, 2.45) is 11.5 Å². The number of nitrogens with two attached hydrogens (primary N) is 2. The third-order valence-corrected chi connectivity index (χ3v) is 6.44. The van der Waals surface area contributed by atoms with E-state index < -0.39 is 73.3 Å². The molecular formula is C25H34N8O11. The lowest BCUT2D eigenvalue weighted by atomic mass is 9.98. The Morgan fingerprint density at radius 1 is 1.05 bits per heavy atom. The number of aromatic nitrogens is 2. The molecule has 1 unspecified atom stereocenters. The first-order chi connectivity index (χ1) is 20.8. The second kappa shape index (κ2) is 15.3. The minimum Gasteiger partial charge on any atom is -0.481 e. The molecule has 1 saturated heterocycles. The van der Waals surface area contributed by atoms with E-state index in [0.29, 0.717) is 17.2 Å². The van der Waals surface area contributed by atoms with Crippen molar-refractivity contribution in [1.29, 1.82) is 0 Å². The first kappa shape index (κ1) is 34.0. The third-order valence-electron chi connectivity index (χ3n) is 6.44. The lowest BCUT2D eigenvalue weighted by Gasteiger charge is -2.38. The van der Waals surface area contributed by atoms with E-state index in [-0.39, 0.29) is 30.6 Å². The second-order valence-electron chi connectivity index (χ2n) is 9.69. The summed E-state index contributed by atoms with van der Waals surface area (Å²) >= 11 is 0. The normalized spacial score (nSPS) is 24.7. The Morgan fingerprint density at radius 3 is 2.34 bits per heavy atom. The lowest BCUT2D eigenvalue weighted by molar-refractivity contribution is -0.248. The van der Waals surface area contributed by atoms with Crippen LogP contribution in [-0.2, 0) is 20.9 Å². The Hall–Kier alpha value is -4.50. The van der Waals surface area contributed by atoms with E-state index in [0.717, 1.165) is 0 Å². The van der Waals surface area contributed by atoms with Crippen molar-refractivity contribution in [2.45, 2.75) is 62.4 Å². The molecule has 2 aliphatic heterocycles. The maximum atomic E-state index is 12.3. The Morgan fingerprint density at radius 2 is 1.73 bits per heavy atom. The number of carbonyl (C=O) groups is 4. The van der Waals surface area contributed by atoms with Crippen molar-refractivity contribution in [3.8, 4) is 0 Å². The third kappa shape index (κ3) is 9.00. The van der Waals surface area contributed by atoms with E-state index in [1.54, 1.807) is 12.1 Å². The topological polar surface area (TPSA) is 325 Å². The molecule has 4 rings (SSSR count). The number of carboxylic acids is 2. The van der Waals surface area contributed by atoms with Gasteiger partial charge in [-0.15, -0.1) is 0 Å². The van der Waals surface area contributed by atoms with Crippen molar-refractivity contribution >= 4 is 35.3 Å². The van der Waals surface area contributed by atoms with Gasteiger partial charge in [0.25, 0.3) is 11.8 Å². The first-order valence-electron chi connectivity index (χ1n) is 13.1. The molecule has 0 saturated carbocycles. The summed E-state index contributed by atoms with van der Waals surface area (Å²) in [6.45, 7) is -0.219. The van der Waals surface area contributed by atoms with Gasteiger partial charge in [-0.05, 0) is 30.7 Å². The van der Waals surface area contributed by atoms with Crippen LogP contribution < -0.4 is 32.7 Å². The van der Waals surface area contributed by atoms with Gasteiger partial charge in [-0.1, -0.05) is 0 Å². The molecule has 0 spiro atoms. The summed E-state index contributed by atoms with van der Waals surface area (Å²) in [4.78, 5) is 54.5. The summed E-state index contributed by atoms with van der Waals surface area (Å²) in [6.07, 6.45) is -4.69. The summed E-state index contributed by atoms with van der Waals surface area (Å²) < 4.78 is 4.70. The van der Waals surface area contributed by atoms with Crippen LogP contribution >= 0.6 is 0 Å². The van der Waals surface area contributed by atoms with Crippen molar-refractivity contribution in [1.82, 2.24) is 20.6 Å². The molecule has 2 amide bonds. The summed E-state index contributed by atoms with van der Waals surface area (Å²) in [6, 6.07) is 3.86. The van der Waals surface area contributed by atoms with E-state index in [9.17, 15) is 29.4 Å². The minimum absolute atomic E-state index is 0.133. The van der Waals surface area contributed by atoms with Gasteiger partial charge in [0, 0.05) is 17.7 Å². The number of aliphatic carboxylic acids is 2. The molecule has 2 aliphatic rings. The number of carbonyl (C=O) groups excluding carboxylic acids is 2. The highest BCUT2D eigenvalue weighted by Crippen LogP contribution is 2.18. The van der Waals surface area contributed by atoms with Gasteiger partial charge in [-0.3, -0.25) is 20.1 Å². The zero-order chi connectivity index (χ0) is 32.6. The SMILES string of the molecule is NC1NC(=O)c2nc(CNc3ccc(C(=O)N[C@@H](CCC(=O)O)C(=O)O)cc3)cnc2N1.N[C@@H]1[C@@H](O)[C@H](O)[C@@H](CO)O[C@H]1O. The van der Waals surface area contributed by atoms with Crippen molar-refractivity contribution < 1.29 is 54.6 Å². The summed E-state index contributed by atoms with van der Waals surface area (Å²) in [7, 11) is 0. The maximum Gasteiger partial charge on any atom is 0.326 e. The Labute approximate surface area is 249 Å². The number of anilines is 2. The quantitative estimate of drug-likeness (QED) is 0.121. The van der Waals surface area contributed by atoms with Gasteiger partial charge in [0.05, 0.1) is 31.1 Å². The highest BCUT2D eigenvalue weighted by atomic mass is 16.6. The van der Waals surface area contributed by atoms with Gasteiger partial charge in [0.15, 0.2) is 24.1 Å². The van der Waals surface area contributed by atoms with E-state index >= 15 is 0 Å². The Kier molecular flexibility index (Phi) is 11.8. The molecule has 7 atom stereocenters. The van der Waals surface area contributed by atoms with Crippen LogP contribution in [0.25, 0.3) is 0 Å². The number of hydrogen-bond acceptors (Lipinski definition) is 15. The number of nitrogens with zero attached hydrogens (tertiary/aromatic N) is 2. The molecule has 0 radical (unpaired) electrons. The standard InChI is InChI=1S/C19H21N7O6.C6H13NO5/c20-19-25-15-14(17(30)26-19)23-11(8-22-15)7-21-10-3-1-9(2-4-10)16(29)24-12(18(31)32)5-6-13(27)28;7-3-5(10)4(9)2(1-8)12-6(3)11/h1-4,8,12,19,21H,5-7,20H2,(H,22,25)(H,24,29)(H,26,30)(H,27,28)(H,31,32);2-6,8-11H,1,7H2/t12-,19?;2-,3-,4-,5-,6-/m01/s1. The summed E-state index contributed by atoms with van der Waals surface area (Å²) in [5.41, 5.74) is 12.4. The average molecular weight is 623 g/mol. The summed E-state index contributed by atoms with van der Waals surface area (Å²) in [5.74, 6) is -3.23. The lowest BCUT2D eigenvalue weighted by Crippen LogP contribution is -2.61. The number of rotatable bonds is 10. The smallest absolute Gasteiger partial charge is 0.326 e. The van der Waals surface area contributed by atoms with Crippen molar-refractivity contribution in [3.05, 3.63) is 47.4 Å². The predicted octanol–water partition coefficient (Wildman–Crippen LogP) is -3.72. The van der Waals surface area contributed by atoms with Crippen LogP contribution in [0.3, 0.4) is 0 Å². The summed E-state index contributed by atoms with van der Waals surface area (Å²) in [5, 5.41) is 64.6. The van der Waals surface area contributed by atoms with Crippen LogP contribution in [0.4, 0.5) is 11.5 Å². The molecule has 2 aromatic rings. The molecule has 3 heterocycles. The molecule has 1 aromatic carbocycles. The highest BCUT2D eigenvalue weighted by molar-refractivity contribution is 5.98. The van der Waals surface area contributed by atoms with Crippen LogP contribution in [0.1, 0.15) is 39.4 Å². The predicted molar refractivity (Wildman–Crippen MR) is 149 cm³/mol. The number of aliphatic hydroxyl groups is 4. The van der Waals surface area contributed by atoms with Crippen molar-refractivity contribution in [2.75, 3.05) is 17.2 Å². The fourth-order valence-electron chi connectivity index (χ4n) is 3.98. The Bertz CT molecular complexity index is 1330. The number of hydrogen-bond donors (Lipinski definition) is 12. The highest BCUT2D eigenvalue weighted by Gasteiger charge is 2.41. The zero-order valence-corrected chi connectivity index (χ0v) is 23.0. The van der Waals surface area contributed by atoms with Gasteiger partial charge in [-0.2, -0.15) is 0 Å². The van der Waals surface area contributed by atoms with E-state index in [4.69, 9.17) is 36.6 Å². The van der Waals surface area contributed by atoms with Gasteiger partial charge >= 0.3 is 11.9 Å². The molecule has 0 aliphatic carbocycles. The number of ether oxygens (including phenoxy) is 1. The fraction of sp³-hybridized carbons (Fsp3) is 0.440. The molecular weight excluding hydrogens is 588 g/mol. The number of fused-ring (bicyclic) bond motifs is 1. The number of aliphatic hydroxyl groups excluding tert-OH is 4. The number of carboxylic acid groups (broad SMARTS) is 2. The monoisotopic (exact) mass is 622 g/mol. The largest absolute Gasteiger partial charge is 0.481 e. The molecule has 14 N–H and O–H groups in total. The zero-order valence-electron chi connectivity index (χ0n) is 23.0. The fourth-order valence-corrected chi connectivity index (χ4v) is 3.98. The maximum absolute atomic E-state index is 12.3. The van der Waals surface area contributed by atoms with Crippen molar-refractivity contribution in [3.63, 3.8) is 0 Å². The molecule has 44 heavy (non-hydrogen) atoms. The first-order valence-corrected chi connectivity index (χ1v) is 13.1. The second-order valence-corrected chi connectivity index (χ2v) is 9.69. The molecule has 19 nitrogen and oxygen atoms in total. The van der Waals surface area contributed by atoms with Gasteiger partial charge in [0.2, 0.25) is 0 Å². The van der Waals surface area contributed by atoms with Crippen LogP contribution in [0, 0.1) is 0 Å². The van der Waals surface area contributed by atoms with E-state index in [1.807, 2.05) is 0 Å². The van der Waals surface area contributed by atoms with Gasteiger partial charge in [-0.25, -0.2) is 14.8 Å². The van der Waals surface area contributed by atoms with Gasteiger partial charge in [0.1, 0.15) is 24.4 Å². The molecule has 0 bridgehead atoms. The van der Waals surface area contributed by atoms with Gasteiger partial charge < -0.3 is 62.4 Å². The Balaban J connectivity index is 0.000000369. The van der Waals surface area contributed by atoms with Crippen LogP contribution in [0.15, 0.2) is 30.5 Å². The van der Waals surface area contributed by atoms with Crippen LogP contribution in [-0.4, -0.2) is 114 Å². The van der Waals surface area contributed by atoms with Crippen LogP contribution in [0.5, 0.6) is 0 Å². The average Bonchev–Trinajstić information content (AvgIpc) is 2.99. The van der Waals surface area contributed by atoms with Crippen LogP contribution in [0.2, 0.25) is 0 Å². The number of benzene rings is 1. The molecule has 19 heteroatoms.